The third-order valence-corrected chi connectivity index (χ3v) is 4.42. The Balaban J connectivity index is 1.77. The van der Waals surface area contributed by atoms with E-state index in [1.807, 2.05) is 24.3 Å². The molecule has 0 bridgehead atoms. The van der Waals surface area contributed by atoms with Gasteiger partial charge in [0.2, 0.25) is 0 Å². The first-order chi connectivity index (χ1) is 11.0. The van der Waals surface area contributed by atoms with Crippen LogP contribution in [0.4, 0.5) is 5.69 Å². The number of ether oxygens (including phenoxy) is 1. The summed E-state index contributed by atoms with van der Waals surface area (Å²) in [5.74, 6) is 0.714. The number of non-ortho nitro benzene ring substituents is 1. The van der Waals surface area contributed by atoms with Gasteiger partial charge in [0.25, 0.3) is 5.69 Å². The monoisotopic (exact) mass is 327 g/mol. The molecule has 3 aromatic rings. The first kappa shape index (κ1) is 15.0. The lowest BCUT2D eigenvalue weighted by Crippen LogP contribution is -2.08. The third kappa shape index (κ3) is 3.29. The fourth-order valence-electron chi connectivity index (χ4n) is 2.16. The van der Waals surface area contributed by atoms with E-state index < -0.39 is 4.92 Å². The van der Waals surface area contributed by atoms with Crippen molar-refractivity contribution in [2.45, 2.75) is 6.61 Å². The normalized spacial score (nSPS) is 10.6. The number of nitrogens with zero attached hydrogens (tertiary/aromatic N) is 1. The van der Waals surface area contributed by atoms with Crippen LogP contribution in [0.5, 0.6) is 5.75 Å². The molecule has 0 aliphatic heterocycles. The Morgan fingerprint density at radius 3 is 2.83 bits per heavy atom. The molecule has 0 aliphatic carbocycles. The second kappa shape index (κ2) is 6.05. The Morgan fingerprint density at radius 2 is 2.09 bits per heavy atom. The molecule has 0 unspecified atom stereocenters. The largest absolute Gasteiger partial charge is 0.489 e. The summed E-state index contributed by atoms with van der Waals surface area (Å²) in [5, 5.41) is 19.2. The minimum absolute atomic E-state index is 0.0465. The van der Waals surface area contributed by atoms with Gasteiger partial charge in [0.1, 0.15) is 18.2 Å². The highest BCUT2D eigenvalue weighted by Crippen LogP contribution is 2.29. The number of benzene rings is 2. The van der Waals surface area contributed by atoms with E-state index in [0.717, 1.165) is 20.5 Å². The third-order valence-electron chi connectivity index (χ3n) is 3.28. The highest BCUT2D eigenvalue weighted by atomic mass is 32.1. The maximum absolute atomic E-state index is 10.8. The molecule has 1 heterocycles. The van der Waals surface area contributed by atoms with Crippen LogP contribution in [0.1, 0.15) is 10.4 Å². The van der Waals surface area contributed by atoms with Crippen LogP contribution in [0.15, 0.2) is 48.5 Å². The van der Waals surface area contributed by atoms with Gasteiger partial charge in [0.05, 0.1) is 9.80 Å². The van der Waals surface area contributed by atoms with E-state index in [1.54, 1.807) is 12.1 Å². The Hall–Kier alpha value is -2.93. The van der Waals surface area contributed by atoms with E-state index in [-0.39, 0.29) is 18.1 Å². The van der Waals surface area contributed by atoms with Crippen LogP contribution < -0.4 is 10.5 Å². The molecule has 0 saturated heterocycles. The van der Waals surface area contributed by atoms with Gasteiger partial charge < -0.3 is 10.5 Å². The smallest absolute Gasteiger partial charge is 0.269 e. The molecule has 0 fully saturated rings. The van der Waals surface area contributed by atoms with Crippen molar-refractivity contribution in [1.29, 1.82) is 5.41 Å². The van der Waals surface area contributed by atoms with Gasteiger partial charge >= 0.3 is 0 Å². The second-order valence-corrected chi connectivity index (χ2v) is 6.02. The summed E-state index contributed by atoms with van der Waals surface area (Å²) in [5.41, 5.74) is 6.27. The number of fused-ring (bicyclic) bond motifs is 1. The Morgan fingerprint density at radius 1 is 1.26 bits per heavy atom. The number of nitro benzene ring substituents is 1. The van der Waals surface area contributed by atoms with Crippen LogP contribution in [-0.4, -0.2) is 10.8 Å². The van der Waals surface area contributed by atoms with E-state index in [1.165, 1.54) is 23.5 Å². The van der Waals surface area contributed by atoms with Crippen molar-refractivity contribution in [1.82, 2.24) is 0 Å². The van der Waals surface area contributed by atoms with Crippen LogP contribution >= 0.6 is 11.3 Å². The number of nitrogen functional groups attached to an aromatic ring is 1. The predicted octanol–water partition coefficient (Wildman–Crippen LogP) is 3.67. The summed E-state index contributed by atoms with van der Waals surface area (Å²) in [6, 6.07) is 13.8. The van der Waals surface area contributed by atoms with Crippen LogP contribution in [0.3, 0.4) is 0 Å². The Labute approximate surface area is 135 Å². The van der Waals surface area contributed by atoms with E-state index in [0.29, 0.717) is 5.75 Å². The summed E-state index contributed by atoms with van der Waals surface area (Å²) in [6.07, 6.45) is 0. The van der Waals surface area contributed by atoms with E-state index in [2.05, 4.69) is 0 Å². The zero-order valence-electron chi connectivity index (χ0n) is 12.0. The molecule has 0 spiro atoms. The van der Waals surface area contributed by atoms with Gasteiger partial charge in [0.15, 0.2) is 0 Å². The first-order valence-electron chi connectivity index (χ1n) is 6.77. The van der Waals surface area contributed by atoms with Crippen molar-refractivity contribution in [2.24, 2.45) is 5.73 Å². The fraction of sp³-hybridized carbons (Fsp3) is 0.0625. The summed E-state index contributed by atoms with van der Waals surface area (Å²) in [7, 11) is 0. The van der Waals surface area contributed by atoms with Crippen LogP contribution in [0.2, 0.25) is 0 Å². The Bertz CT molecular complexity index is 904. The van der Waals surface area contributed by atoms with E-state index in [9.17, 15) is 10.1 Å². The summed E-state index contributed by atoms with van der Waals surface area (Å²) < 4.78 is 6.68. The number of hydrogen-bond acceptors (Lipinski definition) is 5. The van der Waals surface area contributed by atoms with Crippen LogP contribution in [-0.2, 0) is 6.61 Å². The van der Waals surface area contributed by atoms with Gasteiger partial charge in [0, 0.05) is 16.8 Å². The fourth-order valence-corrected chi connectivity index (χ4v) is 3.11. The number of hydrogen-bond donors (Lipinski definition) is 2. The van der Waals surface area contributed by atoms with Crippen LogP contribution in [0.25, 0.3) is 10.1 Å². The highest BCUT2D eigenvalue weighted by molar-refractivity contribution is 7.20. The minimum atomic E-state index is -0.426. The zero-order chi connectivity index (χ0) is 16.4. The topological polar surface area (TPSA) is 102 Å². The van der Waals surface area contributed by atoms with Gasteiger partial charge in [-0.25, -0.2) is 0 Å². The molecule has 0 atom stereocenters. The summed E-state index contributed by atoms with van der Waals surface area (Å²) >= 11 is 1.43. The molecule has 6 nitrogen and oxygen atoms in total. The van der Waals surface area contributed by atoms with Crippen molar-refractivity contribution in [2.75, 3.05) is 0 Å². The SMILES string of the molecule is N=C(N)c1cc2ccc(OCc3cccc([N+](=O)[O-])c3)cc2s1. The highest BCUT2D eigenvalue weighted by Gasteiger charge is 2.08. The quantitative estimate of drug-likeness (QED) is 0.323. The maximum Gasteiger partial charge on any atom is 0.269 e. The number of amidine groups is 1. The molecule has 0 aliphatic rings. The standard InChI is InChI=1S/C16H13N3O3S/c17-16(18)15-7-11-4-5-13(8-14(11)23-15)22-9-10-2-1-3-12(6-10)19(20)21/h1-8H,9H2,(H3,17,18). The Kier molecular flexibility index (Phi) is 3.94. The average molecular weight is 327 g/mol. The molecule has 7 heteroatoms. The minimum Gasteiger partial charge on any atom is -0.489 e. The lowest BCUT2D eigenvalue weighted by Gasteiger charge is -2.06. The maximum atomic E-state index is 10.8. The molecule has 2 aromatic carbocycles. The molecule has 3 rings (SSSR count). The van der Waals surface area contributed by atoms with Crippen molar-refractivity contribution in [3.05, 3.63) is 69.1 Å². The number of thiophene rings is 1. The summed E-state index contributed by atoms with van der Waals surface area (Å²) in [6.45, 7) is 0.248. The van der Waals surface area contributed by atoms with Gasteiger partial charge in [-0.2, -0.15) is 0 Å². The number of rotatable bonds is 5. The molecule has 116 valence electrons. The molecular formula is C16H13N3O3S. The molecule has 0 radical (unpaired) electrons. The zero-order valence-corrected chi connectivity index (χ0v) is 12.8. The van der Waals surface area contributed by atoms with Gasteiger partial charge in [-0.05, 0) is 35.2 Å². The number of nitro groups is 1. The molecule has 0 amide bonds. The molecule has 23 heavy (non-hydrogen) atoms. The lowest BCUT2D eigenvalue weighted by atomic mass is 10.2. The molecular weight excluding hydrogens is 314 g/mol. The molecule has 0 saturated carbocycles. The second-order valence-electron chi connectivity index (χ2n) is 4.94. The number of nitrogens with two attached hydrogens (primary N) is 1. The van der Waals surface area contributed by atoms with Crippen molar-refractivity contribution < 1.29 is 9.66 Å². The predicted molar refractivity (Wildman–Crippen MR) is 90.3 cm³/mol. The van der Waals surface area contributed by atoms with E-state index >= 15 is 0 Å². The molecule has 1 aromatic heterocycles. The van der Waals surface area contributed by atoms with Crippen molar-refractivity contribution in [3.8, 4) is 5.75 Å². The summed E-state index contributed by atoms with van der Waals surface area (Å²) in [4.78, 5) is 11.1. The van der Waals surface area contributed by atoms with E-state index in [4.69, 9.17) is 15.9 Å². The lowest BCUT2D eigenvalue weighted by molar-refractivity contribution is -0.384. The number of nitrogens with one attached hydrogen (secondary N) is 1. The van der Waals surface area contributed by atoms with Gasteiger partial charge in [-0.15, -0.1) is 11.3 Å². The average Bonchev–Trinajstić information content (AvgIpc) is 2.96. The first-order valence-corrected chi connectivity index (χ1v) is 7.59. The van der Waals surface area contributed by atoms with Gasteiger partial charge in [-0.3, -0.25) is 15.5 Å². The molecule has 3 N–H and O–H groups in total. The van der Waals surface area contributed by atoms with Crippen LogP contribution in [0, 0.1) is 15.5 Å². The van der Waals surface area contributed by atoms with Crippen molar-refractivity contribution in [3.63, 3.8) is 0 Å². The van der Waals surface area contributed by atoms with Crippen molar-refractivity contribution >= 4 is 32.9 Å². The van der Waals surface area contributed by atoms with Gasteiger partial charge in [-0.1, -0.05) is 12.1 Å².